The summed E-state index contributed by atoms with van der Waals surface area (Å²) in [7, 11) is 1.75. The van der Waals surface area contributed by atoms with Gasteiger partial charge in [-0.3, -0.25) is 4.90 Å². The fourth-order valence-electron chi connectivity index (χ4n) is 5.99. The van der Waals surface area contributed by atoms with E-state index in [2.05, 4.69) is 16.7 Å². The van der Waals surface area contributed by atoms with Gasteiger partial charge in [-0.05, 0) is 69.7 Å². The van der Waals surface area contributed by atoms with E-state index >= 15 is 0 Å². The highest BCUT2D eigenvalue weighted by molar-refractivity contribution is 5.86. The van der Waals surface area contributed by atoms with Crippen LogP contribution in [-0.4, -0.2) is 60.8 Å². The number of ether oxygens (including phenoxy) is 1. The van der Waals surface area contributed by atoms with Crippen molar-refractivity contribution in [2.45, 2.75) is 71.4 Å². The molecule has 0 amide bonds. The van der Waals surface area contributed by atoms with E-state index in [9.17, 15) is 9.90 Å². The Balaban J connectivity index is 1.62. The van der Waals surface area contributed by atoms with Crippen molar-refractivity contribution < 1.29 is 14.3 Å². The molecule has 33 heavy (non-hydrogen) atoms. The predicted octanol–water partition coefficient (Wildman–Crippen LogP) is 4.47. The number of rotatable bonds is 9. The smallest absolute Gasteiger partial charge is 0.336 e. The van der Waals surface area contributed by atoms with Crippen molar-refractivity contribution in [3.05, 3.63) is 39.2 Å². The normalized spacial score (nSPS) is 21.6. The molecular weight excluding hydrogens is 416 g/mol. The minimum Gasteiger partial charge on any atom is -0.507 e. The van der Waals surface area contributed by atoms with Crippen LogP contribution in [0.3, 0.4) is 0 Å². The SMILES string of the molecule is CCCc1cc(=O)oc2c(C)c(O)c(CN(CCOC)CC3CCCN4CCCCC34)cc12. The van der Waals surface area contributed by atoms with E-state index in [0.717, 1.165) is 42.4 Å². The van der Waals surface area contributed by atoms with Gasteiger partial charge >= 0.3 is 5.63 Å². The molecule has 6 nitrogen and oxygen atoms in total. The van der Waals surface area contributed by atoms with Crippen molar-refractivity contribution in [1.29, 1.82) is 0 Å². The molecule has 3 heterocycles. The first-order chi connectivity index (χ1) is 16.0. The summed E-state index contributed by atoms with van der Waals surface area (Å²) >= 11 is 0. The summed E-state index contributed by atoms with van der Waals surface area (Å²) in [5.74, 6) is 0.901. The molecule has 4 rings (SSSR count). The molecule has 182 valence electrons. The number of hydrogen-bond donors (Lipinski definition) is 1. The van der Waals surface area contributed by atoms with Gasteiger partial charge in [-0.2, -0.15) is 0 Å². The molecule has 2 aliphatic rings. The molecule has 1 N–H and O–H groups in total. The molecule has 0 aliphatic carbocycles. The molecule has 0 saturated carbocycles. The lowest BCUT2D eigenvalue weighted by atomic mass is 9.83. The Morgan fingerprint density at radius 2 is 2.00 bits per heavy atom. The predicted molar refractivity (Wildman–Crippen MR) is 132 cm³/mol. The zero-order chi connectivity index (χ0) is 23.4. The number of phenols is 1. The highest BCUT2D eigenvalue weighted by Gasteiger charge is 2.34. The summed E-state index contributed by atoms with van der Waals surface area (Å²) in [5.41, 5.74) is 2.72. The first-order valence-corrected chi connectivity index (χ1v) is 12.7. The highest BCUT2D eigenvalue weighted by atomic mass is 16.5. The summed E-state index contributed by atoms with van der Waals surface area (Å²) in [6.07, 6.45) is 8.30. The molecule has 1 aromatic carbocycles. The van der Waals surface area contributed by atoms with E-state index in [1.54, 1.807) is 13.2 Å². The number of methoxy groups -OCH3 is 1. The Hall–Kier alpha value is -1.89. The molecule has 2 fully saturated rings. The van der Waals surface area contributed by atoms with E-state index < -0.39 is 0 Å². The number of nitrogens with zero attached hydrogens (tertiary/aromatic N) is 2. The minimum atomic E-state index is -0.350. The number of fused-ring (bicyclic) bond motifs is 2. The van der Waals surface area contributed by atoms with Crippen LogP contribution < -0.4 is 5.63 Å². The Labute approximate surface area is 197 Å². The maximum atomic E-state index is 12.1. The lowest BCUT2D eigenvalue weighted by molar-refractivity contribution is 0.0335. The zero-order valence-electron chi connectivity index (χ0n) is 20.6. The monoisotopic (exact) mass is 456 g/mol. The van der Waals surface area contributed by atoms with Crippen molar-refractivity contribution >= 4 is 11.0 Å². The fraction of sp³-hybridized carbons (Fsp3) is 0.667. The van der Waals surface area contributed by atoms with Crippen LogP contribution in [0, 0.1) is 12.8 Å². The molecular formula is C27H40N2O4. The van der Waals surface area contributed by atoms with Gasteiger partial charge in [0.15, 0.2) is 0 Å². The maximum absolute atomic E-state index is 12.1. The molecule has 2 aliphatic heterocycles. The van der Waals surface area contributed by atoms with Gasteiger partial charge in [-0.25, -0.2) is 4.79 Å². The van der Waals surface area contributed by atoms with Crippen molar-refractivity contribution in [3.63, 3.8) is 0 Å². The standard InChI is InChI=1S/C27H40N2O4/c1-4-8-20-16-25(30)33-27-19(2)26(31)22(15-23(20)27)18-28(13-14-32-3)17-21-9-7-12-29-11-6-5-10-24(21)29/h15-16,21,24,31H,4-14,17-18H2,1-3H3. The van der Waals surface area contributed by atoms with Crippen molar-refractivity contribution in [2.24, 2.45) is 5.92 Å². The highest BCUT2D eigenvalue weighted by Crippen LogP contribution is 2.35. The number of phenolic OH excluding ortho intramolecular Hbond substituents is 1. The largest absolute Gasteiger partial charge is 0.507 e. The second-order valence-electron chi connectivity index (χ2n) is 9.96. The van der Waals surface area contributed by atoms with Gasteiger partial charge in [0, 0.05) is 55.4 Å². The molecule has 0 bridgehead atoms. The third kappa shape index (κ3) is 5.44. The summed E-state index contributed by atoms with van der Waals surface area (Å²) < 4.78 is 10.9. The van der Waals surface area contributed by atoms with Crippen LogP contribution in [0.4, 0.5) is 0 Å². The topological polar surface area (TPSA) is 66.1 Å². The first kappa shape index (κ1) is 24.2. The average Bonchev–Trinajstić information content (AvgIpc) is 2.82. The zero-order valence-corrected chi connectivity index (χ0v) is 20.6. The maximum Gasteiger partial charge on any atom is 0.336 e. The van der Waals surface area contributed by atoms with Gasteiger partial charge in [-0.1, -0.05) is 19.8 Å². The quantitative estimate of drug-likeness (QED) is 0.562. The molecule has 0 radical (unpaired) electrons. The van der Waals surface area contributed by atoms with E-state index in [1.165, 1.54) is 45.2 Å². The summed E-state index contributed by atoms with van der Waals surface area (Å²) in [6.45, 7) is 9.64. The van der Waals surface area contributed by atoms with Crippen LogP contribution >= 0.6 is 0 Å². The van der Waals surface area contributed by atoms with Gasteiger partial charge in [0.25, 0.3) is 0 Å². The van der Waals surface area contributed by atoms with E-state index in [4.69, 9.17) is 9.15 Å². The second kappa shape index (κ2) is 11.0. The third-order valence-electron chi connectivity index (χ3n) is 7.65. The number of aryl methyl sites for hydroxylation is 2. The Bertz CT molecular complexity index is 1000. The fourth-order valence-corrected chi connectivity index (χ4v) is 5.99. The summed E-state index contributed by atoms with van der Waals surface area (Å²) in [4.78, 5) is 17.2. The van der Waals surface area contributed by atoms with Gasteiger partial charge in [0.05, 0.1) is 6.61 Å². The van der Waals surface area contributed by atoms with Crippen LogP contribution in [0.1, 0.15) is 62.1 Å². The number of piperidine rings is 2. The minimum absolute atomic E-state index is 0.240. The first-order valence-electron chi connectivity index (χ1n) is 12.7. The van der Waals surface area contributed by atoms with E-state index in [-0.39, 0.29) is 11.4 Å². The van der Waals surface area contributed by atoms with E-state index in [0.29, 0.717) is 36.3 Å². The van der Waals surface area contributed by atoms with Crippen molar-refractivity contribution in [1.82, 2.24) is 9.80 Å². The van der Waals surface area contributed by atoms with Crippen LogP contribution in [-0.2, 0) is 17.7 Å². The van der Waals surface area contributed by atoms with Crippen LogP contribution in [0.15, 0.2) is 21.3 Å². The molecule has 2 saturated heterocycles. The van der Waals surface area contributed by atoms with Crippen molar-refractivity contribution in [2.75, 3.05) is 39.9 Å². The van der Waals surface area contributed by atoms with Gasteiger partial charge in [0.1, 0.15) is 11.3 Å². The molecule has 2 atom stereocenters. The third-order valence-corrected chi connectivity index (χ3v) is 7.65. The number of benzene rings is 1. The average molecular weight is 457 g/mol. The van der Waals surface area contributed by atoms with Crippen molar-refractivity contribution in [3.8, 4) is 5.75 Å². The molecule has 0 spiro atoms. The number of aromatic hydroxyl groups is 1. The summed E-state index contributed by atoms with van der Waals surface area (Å²) in [6, 6.07) is 4.34. The molecule has 2 aromatic rings. The van der Waals surface area contributed by atoms with Crippen LogP contribution in [0.25, 0.3) is 11.0 Å². The van der Waals surface area contributed by atoms with Gasteiger partial charge in [0.2, 0.25) is 0 Å². The second-order valence-corrected chi connectivity index (χ2v) is 9.96. The van der Waals surface area contributed by atoms with Gasteiger partial charge < -0.3 is 19.2 Å². The van der Waals surface area contributed by atoms with Crippen LogP contribution in [0.2, 0.25) is 0 Å². The molecule has 2 unspecified atom stereocenters. The molecule has 6 heteroatoms. The Kier molecular flexibility index (Phi) is 8.10. The van der Waals surface area contributed by atoms with Gasteiger partial charge in [-0.15, -0.1) is 0 Å². The Morgan fingerprint density at radius 3 is 2.79 bits per heavy atom. The number of hydrogen-bond acceptors (Lipinski definition) is 6. The molecule has 1 aromatic heterocycles. The Morgan fingerprint density at radius 1 is 1.18 bits per heavy atom. The lowest BCUT2D eigenvalue weighted by Crippen LogP contribution is -2.51. The van der Waals surface area contributed by atoms with E-state index in [1.807, 2.05) is 13.0 Å². The lowest BCUT2D eigenvalue weighted by Gasteiger charge is -2.45. The summed E-state index contributed by atoms with van der Waals surface area (Å²) in [5, 5.41) is 12.0. The van der Waals surface area contributed by atoms with Crippen LogP contribution in [0.5, 0.6) is 5.75 Å².